The minimum absolute atomic E-state index is 0.0568. The Bertz CT molecular complexity index is 722. The number of benzene rings is 1. The van der Waals surface area contributed by atoms with Gasteiger partial charge in [-0.25, -0.2) is 0 Å². The number of amides is 4. The van der Waals surface area contributed by atoms with Gasteiger partial charge in [0.1, 0.15) is 0 Å². The van der Waals surface area contributed by atoms with Crippen LogP contribution in [0.3, 0.4) is 0 Å². The smallest absolute Gasteiger partial charge is 0.233 e. The molecule has 2 N–H and O–H groups in total. The van der Waals surface area contributed by atoms with Gasteiger partial charge in [0, 0.05) is 31.3 Å². The van der Waals surface area contributed by atoms with Crippen LogP contribution in [0.2, 0.25) is 0 Å². The molecule has 1 saturated heterocycles. The van der Waals surface area contributed by atoms with Crippen molar-refractivity contribution in [3.63, 3.8) is 0 Å². The monoisotopic (exact) mass is 357 g/mol. The van der Waals surface area contributed by atoms with Crippen molar-refractivity contribution in [1.82, 2.24) is 4.90 Å². The molecule has 1 aliphatic carbocycles. The normalized spacial score (nSPS) is 22.1. The highest BCUT2D eigenvalue weighted by Crippen LogP contribution is 2.37. The van der Waals surface area contributed by atoms with Gasteiger partial charge in [0.2, 0.25) is 23.6 Å². The van der Waals surface area contributed by atoms with Gasteiger partial charge >= 0.3 is 0 Å². The number of likely N-dealkylation sites (tertiary alicyclic amines) is 1. The zero-order valence-corrected chi connectivity index (χ0v) is 14.8. The maximum atomic E-state index is 12.4. The standard InChI is InChI=1S/C19H23N3O4/c1-12(23)20-13-5-4-6-14(11-13)21-17(24)9-10-22-18(25)15-7-2-3-8-16(15)19(22)26/h4-6,11,15-16H,2-3,7-10H2,1H3,(H,20,23)(H,21,24)/t15-,16+. The predicted octanol–water partition coefficient (Wildman–Crippen LogP) is 2.15. The van der Waals surface area contributed by atoms with Crippen LogP contribution < -0.4 is 10.6 Å². The number of fused-ring (bicyclic) bond motifs is 1. The largest absolute Gasteiger partial charge is 0.326 e. The van der Waals surface area contributed by atoms with E-state index in [1.165, 1.54) is 11.8 Å². The van der Waals surface area contributed by atoms with E-state index in [2.05, 4.69) is 10.6 Å². The molecule has 0 unspecified atom stereocenters. The molecule has 1 heterocycles. The van der Waals surface area contributed by atoms with Crippen molar-refractivity contribution in [3.05, 3.63) is 24.3 Å². The maximum absolute atomic E-state index is 12.4. The van der Waals surface area contributed by atoms with Crippen molar-refractivity contribution < 1.29 is 19.2 Å². The second kappa shape index (κ2) is 7.68. The third-order valence-corrected chi connectivity index (χ3v) is 4.96. The van der Waals surface area contributed by atoms with E-state index in [1.54, 1.807) is 24.3 Å². The summed E-state index contributed by atoms with van der Waals surface area (Å²) >= 11 is 0. The molecule has 2 fully saturated rings. The summed E-state index contributed by atoms with van der Waals surface area (Å²) in [5.74, 6) is -1.09. The molecule has 1 aliphatic heterocycles. The molecule has 7 heteroatoms. The van der Waals surface area contributed by atoms with Crippen LogP contribution in [0.4, 0.5) is 11.4 Å². The van der Waals surface area contributed by atoms with Crippen LogP contribution in [-0.2, 0) is 19.2 Å². The summed E-state index contributed by atoms with van der Waals surface area (Å²) in [6.45, 7) is 1.52. The van der Waals surface area contributed by atoms with Crippen LogP contribution in [0.1, 0.15) is 39.0 Å². The first kappa shape index (κ1) is 18.1. The van der Waals surface area contributed by atoms with Gasteiger partial charge in [-0.1, -0.05) is 18.9 Å². The molecule has 2 aliphatic rings. The number of imide groups is 1. The highest BCUT2D eigenvalue weighted by atomic mass is 16.2. The summed E-state index contributed by atoms with van der Waals surface area (Å²) in [5, 5.41) is 5.38. The van der Waals surface area contributed by atoms with Gasteiger partial charge in [0.05, 0.1) is 11.8 Å². The van der Waals surface area contributed by atoms with Gasteiger partial charge in [0.15, 0.2) is 0 Å². The van der Waals surface area contributed by atoms with E-state index in [9.17, 15) is 19.2 Å². The lowest BCUT2D eigenvalue weighted by Crippen LogP contribution is -2.34. The van der Waals surface area contributed by atoms with E-state index in [4.69, 9.17) is 0 Å². The first-order valence-corrected chi connectivity index (χ1v) is 8.98. The van der Waals surface area contributed by atoms with Crippen molar-refractivity contribution in [2.24, 2.45) is 11.8 Å². The minimum Gasteiger partial charge on any atom is -0.326 e. The van der Waals surface area contributed by atoms with Crippen molar-refractivity contribution in [2.75, 3.05) is 17.2 Å². The Morgan fingerprint density at radius 2 is 1.62 bits per heavy atom. The first-order chi connectivity index (χ1) is 12.5. The second-order valence-electron chi connectivity index (χ2n) is 6.89. The fraction of sp³-hybridized carbons (Fsp3) is 0.474. The first-order valence-electron chi connectivity index (χ1n) is 8.98. The van der Waals surface area contributed by atoms with E-state index in [0.717, 1.165) is 25.7 Å². The Hall–Kier alpha value is -2.70. The van der Waals surface area contributed by atoms with Crippen molar-refractivity contribution >= 4 is 35.0 Å². The molecule has 1 saturated carbocycles. The molecule has 0 radical (unpaired) electrons. The molecular weight excluding hydrogens is 334 g/mol. The summed E-state index contributed by atoms with van der Waals surface area (Å²) < 4.78 is 0. The molecule has 0 bridgehead atoms. The lowest BCUT2D eigenvalue weighted by molar-refractivity contribution is -0.140. The number of hydrogen-bond acceptors (Lipinski definition) is 4. The van der Waals surface area contributed by atoms with Crippen LogP contribution >= 0.6 is 0 Å². The van der Waals surface area contributed by atoms with Gasteiger partial charge in [-0.3, -0.25) is 24.1 Å². The minimum atomic E-state index is -0.277. The summed E-state index contributed by atoms with van der Waals surface area (Å²) in [6.07, 6.45) is 3.57. The topological polar surface area (TPSA) is 95.6 Å². The van der Waals surface area contributed by atoms with Crippen LogP contribution in [0, 0.1) is 11.8 Å². The molecule has 26 heavy (non-hydrogen) atoms. The fourth-order valence-corrected chi connectivity index (χ4v) is 3.77. The van der Waals surface area contributed by atoms with Gasteiger partial charge in [-0.2, -0.15) is 0 Å². The Morgan fingerprint density at radius 3 is 2.19 bits per heavy atom. The van der Waals surface area contributed by atoms with Crippen LogP contribution in [0.5, 0.6) is 0 Å². The number of anilines is 2. The van der Waals surface area contributed by atoms with Gasteiger partial charge in [-0.05, 0) is 31.0 Å². The van der Waals surface area contributed by atoms with Gasteiger partial charge in [0.25, 0.3) is 0 Å². The highest BCUT2D eigenvalue weighted by Gasteiger charge is 2.47. The Morgan fingerprint density at radius 1 is 1.04 bits per heavy atom. The van der Waals surface area contributed by atoms with Crippen molar-refractivity contribution in [2.45, 2.75) is 39.0 Å². The average molecular weight is 357 g/mol. The zero-order valence-electron chi connectivity index (χ0n) is 14.8. The fourth-order valence-electron chi connectivity index (χ4n) is 3.77. The molecule has 2 atom stereocenters. The second-order valence-corrected chi connectivity index (χ2v) is 6.89. The van der Waals surface area contributed by atoms with E-state index < -0.39 is 0 Å². The van der Waals surface area contributed by atoms with Crippen molar-refractivity contribution in [3.8, 4) is 0 Å². The number of carbonyl (C=O) groups excluding carboxylic acids is 4. The molecule has 1 aromatic carbocycles. The molecule has 138 valence electrons. The lowest BCUT2D eigenvalue weighted by atomic mass is 9.81. The van der Waals surface area contributed by atoms with E-state index >= 15 is 0 Å². The zero-order chi connectivity index (χ0) is 18.7. The summed E-state index contributed by atoms with van der Waals surface area (Å²) in [5.41, 5.74) is 1.14. The van der Waals surface area contributed by atoms with E-state index in [-0.39, 0.29) is 48.4 Å². The summed E-state index contributed by atoms with van der Waals surface area (Å²) in [4.78, 5) is 49.3. The summed E-state index contributed by atoms with van der Waals surface area (Å²) in [7, 11) is 0. The lowest BCUT2D eigenvalue weighted by Gasteiger charge is -2.19. The van der Waals surface area contributed by atoms with E-state index in [1.807, 2.05) is 0 Å². The quantitative estimate of drug-likeness (QED) is 0.789. The van der Waals surface area contributed by atoms with Gasteiger partial charge in [-0.15, -0.1) is 0 Å². The third kappa shape index (κ3) is 3.92. The van der Waals surface area contributed by atoms with Crippen LogP contribution in [-0.4, -0.2) is 35.1 Å². The van der Waals surface area contributed by atoms with E-state index in [0.29, 0.717) is 11.4 Å². The molecule has 0 aromatic heterocycles. The Kier molecular flexibility index (Phi) is 5.35. The molecule has 4 amide bonds. The summed E-state index contributed by atoms with van der Waals surface area (Å²) in [6, 6.07) is 6.81. The molecule has 7 nitrogen and oxygen atoms in total. The SMILES string of the molecule is CC(=O)Nc1cccc(NC(=O)CCN2C(=O)[C@H]3CCCC[C@H]3C2=O)c1. The molecule has 1 aromatic rings. The number of nitrogens with zero attached hydrogens (tertiary/aromatic N) is 1. The number of rotatable bonds is 5. The highest BCUT2D eigenvalue weighted by molar-refractivity contribution is 6.05. The van der Waals surface area contributed by atoms with Crippen LogP contribution in [0.15, 0.2) is 24.3 Å². The molecule has 0 spiro atoms. The maximum Gasteiger partial charge on any atom is 0.233 e. The Balaban J connectivity index is 1.55. The van der Waals surface area contributed by atoms with Crippen molar-refractivity contribution in [1.29, 1.82) is 0 Å². The molecular formula is C19H23N3O4. The number of carbonyl (C=O) groups is 4. The number of hydrogen-bond donors (Lipinski definition) is 2. The van der Waals surface area contributed by atoms with Crippen LogP contribution in [0.25, 0.3) is 0 Å². The Labute approximate surface area is 152 Å². The predicted molar refractivity (Wildman–Crippen MR) is 96.2 cm³/mol. The molecule has 3 rings (SSSR count). The van der Waals surface area contributed by atoms with Gasteiger partial charge < -0.3 is 10.6 Å². The average Bonchev–Trinajstić information content (AvgIpc) is 2.84. The number of nitrogens with one attached hydrogen (secondary N) is 2. The third-order valence-electron chi connectivity index (χ3n) is 4.96.